The highest BCUT2D eigenvalue weighted by atomic mass is 35.5. The van der Waals surface area contributed by atoms with Gasteiger partial charge in [0.1, 0.15) is 5.75 Å². The molecule has 6 heteroatoms. The van der Waals surface area contributed by atoms with Crippen molar-refractivity contribution in [1.29, 1.82) is 0 Å². The number of benzene rings is 1. The summed E-state index contributed by atoms with van der Waals surface area (Å²) in [6, 6.07) is 7.23. The summed E-state index contributed by atoms with van der Waals surface area (Å²) in [4.78, 5) is 24.8. The number of carbonyl (C=O) groups excluding carboxylic acids is 2. The van der Waals surface area contributed by atoms with E-state index >= 15 is 0 Å². The average Bonchev–Trinajstić information content (AvgIpc) is 3.21. The van der Waals surface area contributed by atoms with Crippen LogP contribution >= 0.6 is 11.6 Å². The summed E-state index contributed by atoms with van der Waals surface area (Å²) in [7, 11) is 1.57. The molecule has 0 spiro atoms. The Kier molecular flexibility index (Phi) is 4.84. The number of hydrogen-bond donors (Lipinski definition) is 1. The van der Waals surface area contributed by atoms with Crippen LogP contribution < -0.4 is 10.1 Å². The predicted molar refractivity (Wildman–Crippen MR) is 75.7 cm³/mol. The second kappa shape index (κ2) is 6.61. The SMILES string of the molecule is CN(CC(=O)NC1CC1)C(=O)COc1ccccc1Cl. The predicted octanol–water partition coefficient (Wildman–Crippen LogP) is 1.46. The van der Waals surface area contributed by atoms with Gasteiger partial charge in [0, 0.05) is 13.1 Å². The van der Waals surface area contributed by atoms with Crippen molar-refractivity contribution < 1.29 is 14.3 Å². The highest BCUT2D eigenvalue weighted by Gasteiger charge is 2.24. The molecular weight excluding hydrogens is 280 g/mol. The van der Waals surface area contributed by atoms with Crippen LogP contribution in [-0.2, 0) is 9.59 Å². The molecule has 1 aromatic rings. The zero-order valence-electron chi connectivity index (χ0n) is 11.3. The van der Waals surface area contributed by atoms with Crippen molar-refractivity contribution in [3.63, 3.8) is 0 Å². The molecule has 1 saturated carbocycles. The van der Waals surface area contributed by atoms with Crippen molar-refractivity contribution in [3.05, 3.63) is 29.3 Å². The van der Waals surface area contributed by atoms with Gasteiger partial charge in [0.25, 0.3) is 5.91 Å². The largest absolute Gasteiger partial charge is 0.482 e. The number of nitrogens with zero attached hydrogens (tertiary/aromatic N) is 1. The highest BCUT2D eigenvalue weighted by molar-refractivity contribution is 6.32. The van der Waals surface area contributed by atoms with Crippen LogP contribution in [0.15, 0.2) is 24.3 Å². The Morgan fingerprint density at radius 2 is 2.10 bits per heavy atom. The molecule has 0 bridgehead atoms. The van der Waals surface area contributed by atoms with Crippen LogP contribution in [0.5, 0.6) is 5.75 Å². The summed E-state index contributed by atoms with van der Waals surface area (Å²) in [6.45, 7) is -0.0991. The maximum absolute atomic E-state index is 11.8. The van der Waals surface area contributed by atoms with E-state index in [-0.39, 0.29) is 25.0 Å². The van der Waals surface area contributed by atoms with Crippen LogP contribution in [-0.4, -0.2) is 43.0 Å². The Hall–Kier alpha value is -1.75. The summed E-state index contributed by atoms with van der Waals surface area (Å²) < 4.78 is 5.34. The van der Waals surface area contributed by atoms with Crippen LogP contribution in [0, 0.1) is 0 Å². The van der Waals surface area contributed by atoms with Crippen molar-refractivity contribution in [2.75, 3.05) is 20.2 Å². The fourth-order valence-corrected chi connectivity index (χ4v) is 1.81. The number of rotatable bonds is 6. The molecule has 1 aromatic carbocycles. The van der Waals surface area contributed by atoms with Gasteiger partial charge in [-0.25, -0.2) is 0 Å². The van der Waals surface area contributed by atoms with Crippen LogP contribution in [0.3, 0.4) is 0 Å². The number of amides is 2. The number of ether oxygens (including phenoxy) is 1. The standard InChI is InChI=1S/C14H17ClN2O3/c1-17(8-13(18)16-10-6-7-10)14(19)9-20-12-5-3-2-4-11(12)15/h2-5,10H,6-9H2,1H3,(H,16,18). The minimum atomic E-state index is -0.268. The molecular formula is C14H17ClN2O3. The number of likely N-dealkylation sites (N-methyl/N-ethyl adjacent to an activating group) is 1. The van der Waals surface area contributed by atoms with Gasteiger partial charge in [-0.2, -0.15) is 0 Å². The number of nitrogens with one attached hydrogen (secondary N) is 1. The van der Waals surface area contributed by atoms with E-state index in [9.17, 15) is 9.59 Å². The molecule has 1 N–H and O–H groups in total. The number of hydrogen-bond acceptors (Lipinski definition) is 3. The quantitative estimate of drug-likeness (QED) is 0.864. The van der Waals surface area contributed by atoms with Gasteiger partial charge in [-0.05, 0) is 25.0 Å². The third-order valence-electron chi connectivity index (χ3n) is 2.94. The molecule has 20 heavy (non-hydrogen) atoms. The average molecular weight is 297 g/mol. The Morgan fingerprint density at radius 3 is 2.75 bits per heavy atom. The fraction of sp³-hybridized carbons (Fsp3) is 0.429. The second-order valence-electron chi connectivity index (χ2n) is 4.81. The van der Waals surface area contributed by atoms with Gasteiger partial charge in [-0.3, -0.25) is 9.59 Å². The summed E-state index contributed by atoms with van der Waals surface area (Å²) in [5.74, 6) is 0.0512. The lowest BCUT2D eigenvalue weighted by Crippen LogP contribution is -2.40. The number of para-hydroxylation sites is 1. The van der Waals surface area contributed by atoms with E-state index in [2.05, 4.69) is 5.32 Å². The van der Waals surface area contributed by atoms with Crippen LogP contribution in [0.4, 0.5) is 0 Å². The first kappa shape index (κ1) is 14.7. The Balaban J connectivity index is 1.75. The maximum atomic E-state index is 11.8. The third kappa shape index (κ3) is 4.42. The summed E-state index contributed by atoms with van der Waals surface area (Å²) in [6.07, 6.45) is 2.05. The highest BCUT2D eigenvalue weighted by Crippen LogP contribution is 2.23. The molecule has 0 saturated heterocycles. The molecule has 0 radical (unpaired) electrons. The van der Waals surface area contributed by atoms with E-state index < -0.39 is 0 Å². The van der Waals surface area contributed by atoms with E-state index in [1.165, 1.54) is 4.90 Å². The van der Waals surface area contributed by atoms with Gasteiger partial charge >= 0.3 is 0 Å². The molecule has 0 atom stereocenters. The molecule has 1 aliphatic rings. The molecule has 0 heterocycles. The van der Waals surface area contributed by atoms with E-state index in [1.807, 2.05) is 0 Å². The first-order valence-corrected chi connectivity index (χ1v) is 6.84. The zero-order valence-corrected chi connectivity index (χ0v) is 12.0. The molecule has 2 rings (SSSR count). The van der Waals surface area contributed by atoms with Crippen molar-refractivity contribution in [1.82, 2.24) is 10.2 Å². The van der Waals surface area contributed by atoms with E-state index in [0.717, 1.165) is 12.8 Å². The van der Waals surface area contributed by atoms with Crippen LogP contribution in [0.2, 0.25) is 5.02 Å². The smallest absolute Gasteiger partial charge is 0.260 e. The van der Waals surface area contributed by atoms with Gasteiger partial charge in [-0.15, -0.1) is 0 Å². The van der Waals surface area contributed by atoms with Crippen molar-refractivity contribution in [3.8, 4) is 5.75 Å². The van der Waals surface area contributed by atoms with Gasteiger partial charge < -0.3 is 15.0 Å². The summed E-state index contributed by atoms with van der Waals surface area (Å²) >= 11 is 5.92. The normalized spacial score (nSPS) is 13.7. The summed E-state index contributed by atoms with van der Waals surface area (Å²) in [5, 5.41) is 3.28. The lowest BCUT2D eigenvalue weighted by Gasteiger charge is -2.17. The van der Waals surface area contributed by atoms with Crippen molar-refractivity contribution in [2.24, 2.45) is 0 Å². The van der Waals surface area contributed by atoms with Crippen LogP contribution in [0.25, 0.3) is 0 Å². The number of halogens is 1. The Bertz CT molecular complexity index is 503. The molecule has 0 aromatic heterocycles. The van der Waals surface area contributed by atoms with Gasteiger partial charge in [-0.1, -0.05) is 23.7 Å². The zero-order chi connectivity index (χ0) is 14.5. The summed E-state index contributed by atoms with van der Waals surface area (Å²) in [5.41, 5.74) is 0. The molecule has 2 amide bonds. The molecule has 1 fully saturated rings. The Morgan fingerprint density at radius 1 is 1.40 bits per heavy atom. The lowest BCUT2D eigenvalue weighted by atomic mass is 10.3. The van der Waals surface area contributed by atoms with E-state index in [0.29, 0.717) is 16.8 Å². The van der Waals surface area contributed by atoms with Crippen LogP contribution in [0.1, 0.15) is 12.8 Å². The first-order chi connectivity index (χ1) is 9.56. The molecule has 108 valence electrons. The van der Waals surface area contributed by atoms with Gasteiger partial charge in [0.05, 0.1) is 11.6 Å². The first-order valence-electron chi connectivity index (χ1n) is 6.47. The minimum Gasteiger partial charge on any atom is -0.482 e. The number of carbonyl (C=O) groups is 2. The van der Waals surface area contributed by atoms with Crippen molar-refractivity contribution in [2.45, 2.75) is 18.9 Å². The van der Waals surface area contributed by atoms with Crippen molar-refractivity contribution >= 4 is 23.4 Å². The monoisotopic (exact) mass is 296 g/mol. The van der Waals surface area contributed by atoms with E-state index in [1.54, 1.807) is 31.3 Å². The topological polar surface area (TPSA) is 58.6 Å². The van der Waals surface area contributed by atoms with Gasteiger partial charge in [0.15, 0.2) is 6.61 Å². The third-order valence-corrected chi connectivity index (χ3v) is 3.25. The van der Waals surface area contributed by atoms with Gasteiger partial charge in [0.2, 0.25) is 5.91 Å². The second-order valence-corrected chi connectivity index (χ2v) is 5.22. The maximum Gasteiger partial charge on any atom is 0.260 e. The minimum absolute atomic E-state index is 0.0429. The lowest BCUT2D eigenvalue weighted by molar-refractivity contribution is -0.136. The molecule has 5 nitrogen and oxygen atoms in total. The van der Waals surface area contributed by atoms with E-state index in [4.69, 9.17) is 16.3 Å². The molecule has 0 aliphatic heterocycles. The fourth-order valence-electron chi connectivity index (χ4n) is 1.62. The molecule has 1 aliphatic carbocycles. The molecule has 0 unspecified atom stereocenters. The Labute approximate surface area is 122 Å².